The summed E-state index contributed by atoms with van der Waals surface area (Å²) >= 11 is 12.9. The van der Waals surface area contributed by atoms with Gasteiger partial charge >= 0.3 is 0 Å². The van der Waals surface area contributed by atoms with Crippen LogP contribution in [0.15, 0.2) is 36.8 Å². The van der Waals surface area contributed by atoms with E-state index in [1.165, 1.54) is 0 Å². The summed E-state index contributed by atoms with van der Waals surface area (Å²) in [5.74, 6) is 0. The van der Waals surface area contributed by atoms with Gasteiger partial charge in [0.25, 0.3) is 0 Å². The fraction of sp³-hybridized carbons (Fsp3) is 0.500. The lowest BCUT2D eigenvalue weighted by Gasteiger charge is -2.34. The van der Waals surface area contributed by atoms with E-state index in [9.17, 15) is 0 Å². The number of pyridine rings is 2. The van der Waals surface area contributed by atoms with E-state index in [4.69, 9.17) is 27.6 Å². The van der Waals surface area contributed by atoms with Gasteiger partial charge in [0.2, 0.25) is 0 Å². The van der Waals surface area contributed by atoms with E-state index in [0.717, 1.165) is 48.7 Å². The largest absolute Gasteiger partial charge is 0.410 e. The van der Waals surface area contributed by atoms with Crippen LogP contribution in [0, 0.1) is 0 Å². The van der Waals surface area contributed by atoms with Crippen LogP contribution in [-0.2, 0) is 10.8 Å². The fourth-order valence-electron chi connectivity index (χ4n) is 3.31. The van der Waals surface area contributed by atoms with Crippen LogP contribution in [-0.4, -0.2) is 18.3 Å². The Bertz CT molecular complexity index is 652. The zero-order valence-electron chi connectivity index (χ0n) is 15.8. The van der Waals surface area contributed by atoms with Gasteiger partial charge in [0.15, 0.2) is 8.32 Å². The van der Waals surface area contributed by atoms with Crippen LogP contribution in [0.3, 0.4) is 0 Å². The first-order chi connectivity index (χ1) is 12.5. The molecule has 0 saturated heterocycles. The predicted molar refractivity (Wildman–Crippen MR) is 112 cm³/mol. The minimum absolute atomic E-state index is 0.0896. The number of hydrogen-bond acceptors (Lipinski definition) is 3. The molecule has 142 valence electrons. The molecule has 26 heavy (non-hydrogen) atoms. The third-order valence-electron chi connectivity index (χ3n) is 5.16. The quantitative estimate of drug-likeness (QED) is 0.400. The van der Waals surface area contributed by atoms with E-state index in [1.54, 1.807) is 12.4 Å². The average Bonchev–Trinajstić information content (AvgIpc) is 2.66. The first-order valence-corrected chi connectivity index (χ1v) is 12.7. The lowest BCUT2D eigenvalue weighted by Crippen LogP contribution is -2.37. The lowest BCUT2D eigenvalue weighted by atomic mass is 10.0. The predicted octanol–water partition coefficient (Wildman–Crippen LogP) is 6.87. The Kier molecular flexibility index (Phi) is 8.55. The number of nitrogens with zero attached hydrogens (tertiary/aromatic N) is 2. The maximum atomic E-state index is 6.79. The summed E-state index contributed by atoms with van der Waals surface area (Å²) in [5.41, 5.74) is 1.99. The normalized spacial score (nSPS) is 13.0. The topological polar surface area (TPSA) is 35.0 Å². The summed E-state index contributed by atoms with van der Waals surface area (Å²) < 4.78 is 6.79. The second-order valence-corrected chi connectivity index (χ2v) is 12.1. The SMILES string of the molecule is CC[Si](CC)(CC)OC(CCCc1ccccn1)c1c(Cl)cncc1Cl. The Morgan fingerprint density at radius 1 is 1.04 bits per heavy atom. The molecular weight excluding hydrogens is 383 g/mol. The van der Waals surface area contributed by atoms with Crippen molar-refractivity contribution in [3.63, 3.8) is 0 Å². The Morgan fingerprint density at radius 2 is 1.69 bits per heavy atom. The van der Waals surface area contributed by atoms with Crippen LogP contribution in [0.5, 0.6) is 0 Å². The van der Waals surface area contributed by atoms with Gasteiger partial charge < -0.3 is 4.43 Å². The molecule has 0 bridgehead atoms. The summed E-state index contributed by atoms with van der Waals surface area (Å²) in [6.07, 6.45) is 7.82. The lowest BCUT2D eigenvalue weighted by molar-refractivity contribution is 0.176. The Balaban J connectivity index is 2.21. The number of hydrogen-bond donors (Lipinski definition) is 0. The van der Waals surface area contributed by atoms with Crippen molar-refractivity contribution in [3.05, 3.63) is 58.1 Å². The number of aryl methyl sites for hydroxylation is 1. The molecule has 0 amide bonds. The molecule has 2 aromatic rings. The van der Waals surface area contributed by atoms with E-state index in [0.29, 0.717) is 10.0 Å². The summed E-state index contributed by atoms with van der Waals surface area (Å²) in [6.45, 7) is 6.71. The maximum Gasteiger partial charge on any atom is 0.192 e. The molecule has 1 atom stereocenters. The molecule has 0 aliphatic rings. The van der Waals surface area contributed by atoms with E-state index in [2.05, 4.69) is 36.8 Å². The van der Waals surface area contributed by atoms with Crippen molar-refractivity contribution in [1.29, 1.82) is 0 Å². The molecule has 0 fully saturated rings. The van der Waals surface area contributed by atoms with Crippen molar-refractivity contribution >= 4 is 31.5 Å². The van der Waals surface area contributed by atoms with E-state index in [1.807, 2.05) is 18.3 Å². The molecule has 0 saturated carbocycles. The van der Waals surface area contributed by atoms with E-state index < -0.39 is 8.32 Å². The van der Waals surface area contributed by atoms with Gasteiger partial charge in [0.05, 0.1) is 16.1 Å². The molecule has 3 nitrogen and oxygen atoms in total. The van der Waals surface area contributed by atoms with Gasteiger partial charge in [0, 0.05) is 29.8 Å². The van der Waals surface area contributed by atoms with E-state index >= 15 is 0 Å². The highest BCUT2D eigenvalue weighted by Crippen LogP contribution is 2.38. The molecule has 2 rings (SSSR count). The van der Waals surface area contributed by atoms with Gasteiger partial charge in [-0.15, -0.1) is 0 Å². The highest BCUT2D eigenvalue weighted by Gasteiger charge is 2.33. The van der Waals surface area contributed by atoms with Crippen LogP contribution in [0.4, 0.5) is 0 Å². The standard InChI is InChI=1S/C20H28Cl2N2OSi/c1-4-26(5-2,6-3)25-19(20-17(21)14-23-15-18(20)22)12-9-11-16-10-7-8-13-24-16/h7-8,10,13-15,19H,4-6,9,11-12H2,1-3H3. The van der Waals surface area contributed by atoms with Crippen molar-refractivity contribution in [3.8, 4) is 0 Å². The summed E-state index contributed by atoms with van der Waals surface area (Å²) in [7, 11) is -1.79. The minimum Gasteiger partial charge on any atom is -0.410 e. The molecule has 0 aliphatic carbocycles. The third kappa shape index (κ3) is 5.53. The first kappa shape index (κ1) is 21.4. The minimum atomic E-state index is -1.79. The van der Waals surface area contributed by atoms with Gasteiger partial charge in [0.1, 0.15) is 0 Å². The Hall–Kier alpha value is -0.943. The smallest absolute Gasteiger partial charge is 0.192 e. The Labute approximate surface area is 168 Å². The van der Waals surface area contributed by atoms with Crippen LogP contribution in [0.1, 0.15) is 51.0 Å². The van der Waals surface area contributed by atoms with Gasteiger partial charge in [-0.05, 0) is 49.5 Å². The summed E-state index contributed by atoms with van der Waals surface area (Å²) in [5, 5.41) is 1.18. The maximum absolute atomic E-state index is 6.79. The molecule has 2 aromatic heterocycles. The van der Waals surface area contributed by atoms with Crippen LogP contribution < -0.4 is 0 Å². The average molecular weight is 411 g/mol. The van der Waals surface area contributed by atoms with Crippen molar-refractivity contribution in [2.45, 2.75) is 64.3 Å². The molecule has 6 heteroatoms. The van der Waals surface area contributed by atoms with E-state index in [-0.39, 0.29) is 6.10 Å². The number of aromatic nitrogens is 2. The Morgan fingerprint density at radius 3 is 2.23 bits per heavy atom. The number of rotatable bonds is 10. The van der Waals surface area contributed by atoms with Gasteiger partial charge in [-0.1, -0.05) is 50.0 Å². The molecule has 0 spiro atoms. The van der Waals surface area contributed by atoms with Gasteiger partial charge in [-0.3, -0.25) is 9.97 Å². The second-order valence-electron chi connectivity index (χ2n) is 6.58. The molecule has 0 aliphatic heterocycles. The molecule has 1 unspecified atom stereocenters. The monoisotopic (exact) mass is 410 g/mol. The highest BCUT2D eigenvalue weighted by atomic mass is 35.5. The first-order valence-electron chi connectivity index (χ1n) is 9.41. The van der Waals surface area contributed by atoms with Crippen LogP contribution in [0.2, 0.25) is 28.2 Å². The van der Waals surface area contributed by atoms with Crippen molar-refractivity contribution < 1.29 is 4.43 Å². The zero-order chi connectivity index (χ0) is 19.0. The molecule has 0 N–H and O–H groups in total. The molecule has 2 heterocycles. The van der Waals surface area contributed by atoms with Crippen LogP contribution >= 0.6 is 23.2 Å². The van der Waals surface area contributed by atoms with Crippen molar-refractivity contribution in [1.82, 2.24) is 9.97 Å². The zero-order valence-corrected chi connectivity index (χ0v) is 18.4. The van der Waals surface area contributed by atoms with Crippen molar-refractivity contribution in [2.24, 2.45) is 0 Å². The van der Waals surface area contributed by atoms with Gasteiger partial charge in [-0.2, -0.15) is 0 Å². The van der Waals surface area contributed by atoms with Crippen molar-refractivity contribution in [2.75, 3.05) is 0 Å². The van der Waals surface area contributed by atoms with Crippen LogP contribution in [0.25, 0.3) is 0 Å². The third-order valence-corrected chi connectivity index (χ3v) is 10.4. The summed E-state index contributed by atoms with van der Waals surface area (Å²) in [4.78, 5) is 8.51. The fourth-order valence-corrected chi connectivity index (χ4v) is 6.75. The molecule has 0 radical (unpaired) electrons. The second kappa shape index (κ2) is 10.4. The summed E-state index contributed by atoms with van der Waals surface area (Å²) in [6, 6.07) is 9.31. The highest BCUT2D eigenvalue weighted by molar-refractivity contribution is 6.73. The molecular formula is C20H28Cl2N2OSi. The van der Waals surface area contributed by atoms with Gasteiger partial charge in [-0.25, -0.2) is 0 Å². The molecule has 0 aromatic carbocycles. The number of halogens is 2.